The van der Waals surface area contributed by atoms with Crippen LogP contribution in [0.5, 0.6) is 0 Å². The van der Waals surface area contributed by atoms with Crippen molar-refractivity contribution in [2.24, 2.45) is 0 Å². The number of hydrogen-bond acceptors (Lipinski definition) is 5. The largest absolute Gasteiger partial charge is 0.384 e. The van der Waals surface area contributed by atoms with Crippen LogP contribution >= 0.6 is 11.6 Å². The van der Waals surface area contributed by atoms with Crippen molar-refractivity contribution >= 4 is 34.1 Å². The zero-order valence-electron chi connectivity index (χ0n) is 23.3. The van der Waals surface area contributed by atoms with Crippen molar-refractivity contribution in [3.05, 3.63) is 76.1 Å². The predicted octanol–water partition coefficient (Wildman–Crippen LogP) is 6.17. The lowest BCUT2D eigenvalue weighted by Crippen LogP contribution is -2.27. The fourth-order valence-electron chi connectivity index (χ4n) is 5.39. The van der Waals surface area contributed by atoms with Crippen LogP contribution in [0.4, 0.5) is 5.69 Å². The lowest BCUT2D eigenvalue weighted by atomic mass is 10.0. The van der Waals surface area contributed by atoms with E-state index < -0.39 is 0 Å². The van der Waals surface area contributed by atoms with E-state index in [2.05, 4.69) is 47.4 Å². The minimum Gasteiger partial charge on any atom is -0.384 e. The summed E-state index contributed by atoms with van der Waals surface area (Å²) < 4.78 is 1.95. The third kappa shape index (κ3) is 5.94. The maximum atomic E-state index is 13.8. The van der Waals surface area contributed by atoms with Crippen LogP contribution in [0.25, 0.3) is 22.2 Å². The number of aromatic nitrogens is 3. The lowest BCUT2D eigenvalue weighted by Gasteiger charge is -2.19. The number of likely N-dealkylation sites (tertiary alicyclic amines) is 1. The molecule has 2 aromatic carbocycles. The van der Waals surface area contributed by atoms with Crippen LogP contribution < -0.4 is 5.32 Å². The summed E-state index contributed by atoms with van der Waals surface area (Å²) in [6.07, 6.45) is 4.46. The van der Waals surface area contributed by atoms with Gasteiger partial charge in [-0.3, -0.25) is 9.48 Å². The smallest absolute Gasteiger partial charge is 0.254 e. The first kappa shape index (κ1) is 27.2. The number of nitrogens with zero attached hydrogens (tertiary/aromatic N) is 5. The van der Waals surface area contributed by atoms with Gasteiger partial charge in [0.2, 0.25) is 0 Å². The molecule has 1 fully saturated rings. The van der Waals surface area contributed by atoms with E-state index in [0.717, 1.165) is 64.3 Å². The number of pyridine rings is 1. The van der Waals surface area contributed by atoms with Crippen molar-refractivity contribution < 1.29 is 4.79 Å². The first-order valence-electron chi connectivity index (χ1n) is 13.8. The number of benzene rings is 2. The molecule has 0 spiro atoms. The Balaban J connectivity index is 1.42. The highest BCUT2D eigenvalue weighted by Crippen LogP contribution is 2.30. The van der Waals surface area contributed by atoms with Crippen LogP contribution in [0.3, 0.4) is 0 Å². The Morgan fingerprint density at radius 3 is 2.62 bits per heavy atom. The molecule has 1 N–H and O–H groups in total. The van der Waals surface area contributed by atoms with Crippen molar-refractivity contribution in [1.82, 2.24) is 24.6 Å². The molecule has 7 nitrogen and oxygen atoms in total. The Kier molecular flexibility index (Phi) is 8.19. The highest BCUT2D eigenvalue weighted by Gasteiger charge is 2.20. The predicted molar refractivity (Wildman–Crippen MR) is 160 cm³/mol. The van der Waals surface area contributed by atoms with Crippen LogP contribution in [0.2, 0.25) is 5.02 Å². The number of aryl methyl sites for hydroxylation is 2. The molecule has 0 radical (unpaired) electrons. The van der Waals surface area contributed by atoms with Gasteiger partial charge in [0.25, 0.3) is 5.91 Å². The number of nitrogens with one attached hydrogen (secondary N) is 1. The molecule has 2 aromatic heterocycles. The molecule has 0 unspecified atom stereocenters. The standard InChI is InChI=1S/C31H37ClN6O/c1-5-38-22(3)24(19-34-38)20-36(4)31(39)27-18-30(35-29-11-9-25(32)17-26(27)29)23-8-10-28(21(2)16-23)33-12-15-37-13-6-7-14-37/h8-11,16-19,33H,5-7,12-15,20H2,1-4H3. The number of carbonyl (C=O) groups excluding carboxylic acids is 1. The van der Waals surface area contributed by atoms with Gasteiger partial charge in [-0.2, -0.15) is 5.10 Å². The van der Waals surface area contributed by atoms with Crippen molar-refractivity contribution in [3.63, 3.8) is 0 Å². The minimum atomic E-state index is -0.0773. The molecule has 0 bridgehead atoms. The molecule has 0 saturated carbocycles. The van der Waals surface area contributed by atoms with Gasteiger partial charge in [0.05, 0.1) is 23.0 Å². The van der Waals surface area contributed by atoms with Crippen molar-refractivity contribution in [2.45, 2.75) is 46.7 Å². The monoisotopic (exact) mass is 544 g/mol. The summed E-state index contributed by atoms with van der Waals surface area (Å²) in [4.78, 5) is 23.0. The Morgan fingerprint density at radius 1 is 1.10 bits per heavy atom. The van der Waals surface area contributed by atoms with E-state index in [9.17, 15) is 4.79 Å². The second-order valence-corrected chi connectivity index (χ2v) is 10.9. The van der Waals surface area contributed by atoms with Crippen LogP contribution in [-0.2, 0) is 13.1 Å². The van der Waals surface area contributed by atoms with E-state index in [1.165, 1.54) is 25.9 Å². The first-order valence-corrected chi connectivity index (χ1v) is 14.2. The maximum Gasteiger partial charge on any atom is 0.254 e. The average molecular weight is 545 g/mol. The van der Waals surface area contributed by atoms with Gasteiger partial charge >= 0.3 is 0 Å². The zero-order valence-corrected chi connectivity index (χ0v) is 24.1. The molecule has 1 saturated heterocycles. The highest BCUT2D eigenvalue weighted by molar-refractivity contribution is 6.31. The van der Waals surface area contributed by atoms with Crippen molar-refractivity contribution in [3.8, 4) is 11.3 Å². The Hall–Kier alpha value is -3.42. The van der Waals surface area contributed by atoms with Crippen molar-refractivity contribution in [1.29, 1.82) is 0 Å². The van der Waals surface area contributed by atoms with E-state index in [1.54, 1.807) is 4.90 Å². The topological polar surface area (TPSA) is 66.3 Å². The minimum absolute atomic E-state index is 0.0773. The van der Waals surface area contributed by atoms with Gasteiger partial charge in [-0.15, -0.1) is 0 Å². The summed E-state index contributed by atoms with van der Waals surface area (Å²) in [6.45, 7) is 11.9. The van der Waals surface area contributed by atoms with Crippen LogP contribution in [0, 0.1) is 13.8 Å². The molecular formula is C31H37ClN6O. The normalized spacial score (nSPS) is 13.8. The van der Waals surface area contributed by atoms with Crippen LogP contribution in [-0.4, -0.2) is 63.7 Å². The summed E-state index contributed by atoms with van der Waals surface area (Å²) in [5.74, 6) is -0.0773. The Bertz CT molecular complexity index is 1490. The SMILES string of the molecule is CCn1ncc(CN(C)C(=O)c2cc(-c3ccc(NCCN4CCCC4)c(C)c3)nc3ccc(Cl)cc23)c1C. The number of hydrogen-bond donors (Lipinski definition) is 1. The molecule has 204 valence electrons. The van der Waals surface area contributed by atoms with E-state index in [0.29, 0.717) is 17.1 Å². The number of amides is 1. The third-order valence-electron chi connectivity index (χ3n) is 7.72. The molecule has 8 heteroatoms. The van der Waals surface area contributed by atoms with E-state index in [4.69, 9.17) is 16.6 Å². The zero-order chi connectivity index (χ0) is 27.5. The molecule has 1 aliphatic heterocycles. The number of anilines is 1. The van der Waals surface area contributed by atoms with E-state index in [1.807, 2.05) is 49.1 Å². The molecule has 3 heterocycles. The van der Waals surface area contributed by atoms with Gasteiger partial charge in [-0.05, 0) is 88.7 Å². The Labute approximate surface area is 235 Å². The summed E-state index contributed by atoms with van der Waals surface area (Å²) >= 11 is 6.35. The van der Waals surface area contributed by atoms with Crippen LogP contribution in [0.15, 0.2) is 48.7 Å². The first-order chi connectivity index (χ1) is 18.8. The van der Waals surface area contributed by atoms with Crippen LogP contribution in [0.1, 0.15) is 46.9 Å². The summed E-state index contributed by atoms with van der Waals surface area (Å²) in [5, 5.41) is 9.35. The second-order valence-electron chi connectivity index (χ2n) is 10.5. The number of carbonyl (C=O) groups is 1. The molecule has 5 rings (SSSR count). The Morgan fingerprint density at radius 2 is 1.90 bits per heavy atom. The molecule has 0 aliphatic carbocycles. The number of fused-ring (bicyclic) bond motifs is 1. The summed E-state index contributed by atoms with van der Waals surface area (Å²) in [5.41, 5.74) is 7.47. The van der Waals surface area contributed by atoms with Gasteiger partial charge in [0.15, 0.2) is 0 Å². The van der Waals surface area contributed by atoms with Gasteiger partial charge in [0, 0.05) is 66.1 Å². The fraction of sp³-hybridized carbons (Fsp3) is 0.387. The van der Waals surface area contributed by atoms with Gasteiger partial charge in [0.1, 0.15) is 0 Å². The van der Waals surface area contributed by atoms with E-state index in [-0.39, 0.29) is 5.91 Å². The quantitative estimate of drug-likeness (QED) is 0.273. The van der Waals surface area contributed by atoms with Gasteiger partial charge < -0.3 is 15.1 Å². The van der Waals surface area contributed by atoms with Crippen molar-refractivity contribution in [2.75, 3.05) is 38.5 Å². The molecule has 39 heavy (non-hydrogen) atoms. The second kappa shape index (κ2) is 11.8. The number of halogens is 1. The number of rotatable bonds is 9. The van der Waals surface area contributed by atoms with Gasteiger partial charge in [-0.25, -0.2) is 4.98 Å². The molecule has 1 aliphatic rings. The highest BCUT2D eigenvalue weighted by atomic mass is 35.5. The summed E-state index contributed by atoms with van der Waals surface area (Å²) in [6, 6.07) is 13.8. The average Bonchev–Trinajstić information content (AvgIpc) is 3.58. The molecule has 0 atom stereocenters. The van der Waals surface area contributed by atoms with Gasteiger partial charge in [-0.1, -0.05) is 17.7 Å². The molecular weight excluding hydrogens is 508 g/mol. The summed E-state index contributed by atoms with van der Waals surface area (Å²) in [7, 11) is 1.83. The molecule has 1 amide bonds. The maximum absolute atomic E-state index is 13.8. The fourth-order valence-corrected chi connectivity index (χ4v) is 5.56. The third-order valence-corrected chi connectivity index (χ3v) is 7.96. The lowest BCUT2D eigenvalue weighted by molar-refractivity contribution is 0.0787. The van der Waals surface area contributed by atoms with E-state index >= 15 is 0 Å². The molecule has 4 aromatic rings.